The van der Waals surface area contributed by atoms with Crippen molar-refractivity contribution in [2.75, 3.05) is 4.90 Å². The molecule has 62 heavy (non-hydrogen) atoms. The van der Waals surface area contributed by atoms with Crippen LogP contribution in [-0.4, -0.2) is 4.57 Å². The first kappa shape index (κ1) is 37.0. The van der Waals surface area contributed by atoms with E-state index in [9.17, 15) is 4.39 Å². The molecule has 0 saturated heterocycles. The number of halogens is 1. The Labute approximate surface area is 361 Å². The maximum Gasteiger partial charge on any atom is 0.123 e. The van der Waals surface area contributed by atoms with Crippen LogP contribution < -0.4 is 4.90 Å². The monoisotopic (exact) mass is 796 g/mol. The number of benzene rings is 10. The first-order valence-electron chi connectivity index (χ1n) is 21.1. The molecule has 11 aromatic rings. The summed E-state index contributed by atoms with van der Waals surface area (Å²) < 4.78 is 16.2. The Hall–Kier alpha value is -8.01. The average molecular weight is 797 g/mol. The van der Waals surface area contributed by atoms with Crippen LogP contribution in [0.25, 0.3) is 49.4 Å². The lowest BCUT2D eigenvalue weighted by Gasteiger charge is -2.37. The summed E-state index contributed by atoms with van der Waals surface area (Å²) in [7, 11) is 0. The highest BCUT2D eigenvalue weighted by atomic mass is 19.1. The number of rotatable bonds is 9. The molecule has 11 rings (SSSR count). The summed E-state index contributed by atoms with van der Waals surface area (Å²) in [4.78, 5) is 2.36. The molecule has 0 bridgehead atoms. The highest BCUT2D eigenvalue weighted by molar-refractivity contribution is 6.10. The Morgan fingerprint density at radius 1 is 0.339 bits per heavy atom. The van der Waals surface area contributed by atoms with Gasteiger partial charge in [-0.2, -0.15) is 0 Å². The Balaban J connectivity index is 1.03. The number of aromatic nitrogens is 1. The van der Waals surface area contributed by atoms with Crippen LogP contribution in [0.5, 0.6) is 0 Å². The van der Waals surface area contributed by atoms with Gasteiger partial charge in [-0.3, -0.25) is 0 Å². The molecule has 0 aliphatic carbocycles. The maximum atomic E-state index is 14.0. The predicted molar refractivity (Wildman–Crippen MR) is 257 cm³/mol. The number of para-hydroxylation sites is 1. The molecule has 0 radical (unpaired) electrons. The van der Waals surface area contributed by atoms with Gasteiger partial charge in [-0.1, -0.05) is 170 Å². The van der Waals surface area contributed by atoms with Crippen LogP contribution in [0.2, 0.25) is 0 Å². The molecule has 0 amide bonds. The molecular formula is C59H41FN2. The van der Waals surface area contributed by atoms with Crippen molar-refractivity contribution < 1.29 is 4.39 Å². The van der Waals surface area contributed by atoms with Gasteiger partial charge in [0.2, 0.25) is 0 Å². The maximum absolute atomic E-state index is 14.0. The minimum absolute atomic E-state index is 0.243. The summed E-state index contributed by atoms with van der Waals surface area (Å²) in [5, 5.41) is 4.71. The fourth-order valence-electron chi connectivity index (χ4n) is 9.51. The second-order valence-corrected chi connectivity index (χ2v) is 15.9. The molecule has 0 saturated carbocycles. The standard InChI is InChI=1S/C59H41FN2/c60-50-30-37-53(38-31-50)62-57-23-13-12-22-55(57)56-41-45(27-39-58(56)62)43-24-32-51(33-25-43)61(54-34-26-42-14-10-11-15-44(42)40-54)52-35-28-49(29-36-52)59(46-16-4-1-5-17-46,47-18-6-2-7-19-47)48-20-8-3-9-21-48/h1-41H. The molecule has 0 fully saturated rings. The summed E-state index contributed by atoms with van der Waals surface area (Å²) >= 11 is 0. The van der Waals surface area contributed by atoms with Crippen molar-refractivity contribution in [3.63, 3.8) is 0 Å². The Morgan fingerprint density at radius 3 is 1.45 bits per heavy atom. The van der Waals surface area contributed by atoms with Gasteiger partial charge in [0, 0.05) is 33.5 Å². The van der Waals surface area contributed by atoms with Gasteiger partial charge in [0.15, 0.2) is 0 Å². The molecule has 0 spiro atoms. The molecule has 10 aromatic carbocycles. The normalized spacial score (nSPS) is 11.6. The predicted octanol–water partition coefficient (Wildman–Crippen LogP) is 15.6. The lowest BCUT2D eigenvalue weighted by atomic mass is 9.65. The van der Waals surface area contributed by atoms with E-state index in [4.69, 9.17) is 0 Å². The Kier molecular flexibility index (Phi) is 9.28. The molecule has 294 valence electrons. The van der Waals surface area contributed by atoms with E-state index in [-0.39, 0.29) is 5.82 Å². The first-order chi connectivity index (χ1) is 30.6. The average Bonchev–Trinajstić information content (AvgIpc) is 3.67. The topological polar surface area (TPSA) is 8.17 Å². The third-order valence-corrected chi connectivity index (χ3v) is 12.4. The molecule has 0 N–H and O–H groups in total. The minimum atomic E-state index is -0.538. The largest absolute Gasteiger partial charge is 0.310 e. The van der Waals surface area contributed by atoms with Crippen LogP contribution in [0, 0.1) is 5.82 Å². The van der Waals surface area contributed by atoms with Gasteiger partial charge in [-0.05, 0) is 123 Å². The SMILES string of the molecule is Fc1ccc(-n2c3ccccc3c3cc(-c4ccc(N(c5ccc(C(c6ccccc6)(c6ccccc6)c6ccccc6)cc5)c5ccc6ccccc6c5)cc4)ccc32)cc1. The molecule has 0 aliphatic heterocycles. The van der Waals surface area contributed by atoms with Crippen molar-refractivity contribution in [3.05, 3.63) is 277 Å². The summed E-state index contributed by atoms with van der Waals surface area (Å²) in [6.45, 7) is 0. The fraction of sp³-hybridized carbons (Fsp3) is 0.0169. The highest BCUT2D eigenvalue weighted by Crippen LogP contribution is 2.46. The fourth-order valence-corrected chi connectivity index (χ4v) is 9.51. The van der Waals surface area contributed by atoms with Gasteiger partial charge < -0.3 is 9.47 Å². The van der Waals surface area contributed by atoms with E-state index in [1.54, 1.807) is 0 Å². The van der Waals surface area contributed by atoms with Gasteiger partial charge >= 0.3 is 0 Å². The zero-order valence-corrected chi connectivity index (χ0v) is 33.9. The molecule has 1 heterocycles. The number of nitrogens with zero attached hydrogens (tertiary/aromatic N) is 2. The van der Waals surface area contributed by atoms with E-state index < -0.39 is 5.41 Å². The van der Waals surface area contributed by atoms with Gasteiger partial charge in [0.1, 0.15) is 5.82 Å². The van der Waals surface area contributed by atoms with Crippen LogP contribution >= 0.6 is 0 Å². The van der Waals surface area contributed by atoms with E-state index in [2.05, 4.69) is 234 Å². The van der Waals surface area contributed by atoms with Crippen molar-refractivity contribution >= 4 is 49.6 Å². The molecule has 0 unspecified atom stereocenters. The summed E-state index contributed by atoms with van der Waals surface area (Å²) in [6, 6.07) is 87.7. The van der Waals surface area contributed by atoms with Crippen molar-refractivity contribution in [1.82, 2.24) is 4.57 Å². The van der Waals surface area contributed by atoms with E-state index in [0.717, 1.165) is 55.7 Å². The third-order valence-electron chi connectivity index (χ3n) is 12.4. The molecule has 1 aromatic heterocycles. The molecular weight excluding hydrogens is 756 g/mol. The second kappa shape index (κ2) is 15.5. The number of hydrogen-bond acceptors (Lipinski definition) is 1. The molecule has 0 atom stereocenters. The second-order valence-electron chi connectivity index (χ2n) is 15.9. The number of anilines is 3. The smallest absolute Gasteiger partial charge is 0.123 e. The van der Waals surface area contributed by atoms with Gasteiger partial charge in [-0.15, -0.1) is 0 Å². The van der Waals surface area contributed by atoms with Crippen molar-refractivity contribution in [2.45, 2.75) is 5.41 Å². The van der Waals surface area contributed by atoms with Crippen LogP contribution in [0.15, 0.2) is 249 Å². The number of fused-ring (bicyclic) bond motifs is 4. The van der Waals surface area contributed by atoms with E-state index in [1.165, 1.54) is 45.2 Å². The quantitative estimate of drug-likeness (QED) is 0.132. The molecule has 0 aliphatic rings. The Morgan fingerprint density at radius 2 is 0.823 bits per heavy atom. The van der Waals surface area contributed by atoms with E-state index in [1.807, 2.05) is 12.1 Å². The van der Waals surface area contributed by atoms with Gasteiger partial charge in [0.05, 0.1) is 16.4 Å². The van der Waals surface area contributed by atoms with Crippen molar-refractivity contribution in [1.29, 1.82) is 0 Å². The highest BCUT2D eigenvalue weighted by Gasteiger charge is 2.38. The Bertz CT molecular complexity index is 3220. The molecule has 3 heteroatoms. The van der Waals surface area contributed by atoms with Crippen LogP contribution in [0.4, 0.5) is 21.5 Å². The summed E-state index contributed by atoms with van der Waals surface area (Å²) in [6.07, 6.45) is 0. The van der Waals surface area contributed by atoms with Gasteiger partial charge in [0.25, 0.3) is 0 Å². The molecule has 2 nitrogen and oxygen atoms in total. The third kappa shape index (κ3) is 6.34. The van der Waals surface area contributed by atoms with E-state index in [0.29, 0.717) is 0 Å². The zero-order valence-electron chi connectivity index (χ0n) is 33.9. The van der Waals surface area contributed by atoms with Crippen LogP contribution in [0.3, 0.4) is 0 Å². The minimum Gasteiger partial charge on any atom is -0.310 e. The summed E-state index contributed by atoms with van der Waals surface area (Å²) in [5.41, 5.74) is 12.9. The van der Waals surface area contributed by atoms with Crippen LogP contribution in [0.1, 0.15) is 22.3 Å². The van der Waals surface area contributed by atoms with Crippen molar-refractivity contribution in [3.8, 4) is 16.8 Å². The van der Waals surface area contributed by atoms with Crippen molar-refractivity contribution in [2.24, 2.45) is 0 Å². The zero-order chi connectivity index (χ0) is 41.5. The summed E-state index contributed by atoms with van der Waals surface area (Å²) in [5.74, 6) is -0.243. The van der Waals surface area contributed by atoms with Crippen LogP contribution in [-0.2, 0) is 5.41 Å². The number of hydrogen-bond donors (Lipinski definition) is 0. The van der Waals surface area contributed by atoms with Gasteiger partial charge in [-0.25, -0.2) is 4.39 Å². The van der Waals surface area contributed by atoms with E-state index >= 15 is 0 Å². The first-order valence-corrected chi connectivity index (χ1v) is 21.1. The lowest BCUT2D eigenvalue weighted by molar-refractivity contribution is 0.627. The lowest BCUT2D eigenvalue weighted by Crippen LogP contribution is -2.31.